The summed E-state index contributed by atoms with van der Waals surface area (Å²) in [6, 6.07) is 6.75. The average molecular weight is 389 g/mol. The van der Waals surface area contributed by atoms with E-state index in [1.807, 2.05) is 13.8 Å². The lowest BCUT2D eigenvalue weighted by Crippen LogP contribution is -2.48. The second-order valence-electron chi connectivity index (χ2n) is 6.66. The Labute approximate surface area is 162 Å². The number of nitrogens with zero attached hydrogens (tertiary/aromatic N) is 2. The fourth-order valence-corrected chi connectivity index (χ4v) is 3.09. The van der Waals surface area contributed by atoms with E-state index in [0.717, 1.165) is 19.4 Å². The molecule has 2 aromatic rings. The van der Waals surface area contributed by atoms with Crippen molar-refractivity contribution in [2.24, 2.45) is 0 Å². The largest absolute Gasteiger partial charge is 0.376 e. The van der Waals surface area contributed by atoms with E-state index in [0.29, 0.717) is 22.4 Å². The summed E-state index contributed by atoms with van der Waals surface area (Å²) >= 11 is 5.17. The molecule has 1 atom stereocenters. The van der Waals surface area contributed by atoms with Crippen LogP contribution >= 0.6 is 12.2 Å². The SMILES string of the molecule is CC(C)n1nc(C(=O)NNC(=S)NC[C@@H]2CCCO2)c2ccccc2c1=O. The van der Waals surface area contributed by atoms with Gasteiger partial charge in [-0.05, 0) is 45.0 Å². The van der Waals surface area contributed by atoms with Crippen molar-refractivity contribution in [3.8, 4) is 0 Å². The van der Waals surface area contributed by atoms with Crippen LogP contribution < -0.4 is 21.7 Å². The fraction of sp³-hybridized carbons (Fsp3) is 0.444. The summed E-state index contributed by atoms with van der Waals surface area (Å²) in [4.78, 5) is 25.2. The number of fused-ring (bicyclic) bond motifs is 1. The Morgan fingerprint density at radius 2 is 2.07 bits per heavy atom. The molecule has 3 N–H and O–H groups in total. The molecular weight excluding hydrogens is 366 g/mol. The van der Waals surface area contributed by atoms with Gasteiger partial charge in [-0.1, -0.05) is 18.2 Å². The van der Waals surface area contributed by atoms with E-state index >= 15 is 0 Å². The van der Waals surface area contributed by atoms with Gasteiger partial charge in [-0.2, -0.15) is 5.10 Å². The van der Waals surface area contributed by atoms with Gasteiger partial charge in [-0.25, -0.2) is 4.68 Å². The van der Waals surface area contributed by atoms with Gasteiger partial charge in [-0.15, -0.1) is 0 Å². The highest BCUT2D eigenvalue weighted by Gasteiger charge is 2.18. The zero-order valence-corrected chi connectivity index (χ0v) is 16.1. The topological polar surface area (TPSA) is 97.3 Å². The summed E-state index contributed by atoms with van der Waals surface area (Å²) in [5.41, 5.74) is 5.15. The van der Waals surface area contributed by atoms with Crippen LogP contribution in [0.25, 0.3) is 10.8 Å². The van der Waals surface area contributed by atoms with Gasteiger partial charge in [0.2, 0.25) is 0 Å². The fourth-order valence-electron chi connectivity index (χ4n) is 2.95. The zero-order valence-electron chi connectivity index (χ0n) is 15.3. The molecule has 144 valence electrons. The molecule has 0 spiro atoms. The van der Waals surface area contributed by atoms with Gasteiger partial charge in [0.25, 0.3) is 11.5 Å². The number of thiocarbonyl (C=S) groups is 1. The number of ether oxygens (including phenoxy) is 1. The Balaban J connectivity index is 1.72. The van der Waals surface area contributed by atoms with E-state index in [4.69, 9.17) is 17.0 Å². The van der Waals surface area contributed by atoms with E-state index in [1.54, 1.807) is 24.3 Å². The van der Waals surface area contributed by atoms with Crippen molar-refractivity contribution in [2.75, 3.05) is 13.2 Å². The highest BCUT2D eigenvalue weighted by molar-refractivity contribution is 7.80. The molecule has 8 nitrogen and oxygen atoms in total. The van der Waals surface area contributed by atoms with Crippen LogP contribution in [0.2, 0.25) is 0 Å². The number of hydrazine groups is 1. The lowest BCUT2D eigenvalue weighted by Gasteiger charge is -2.16. The number of benzene rings is 1. The summed E-state index contributed by atoms with van der Waals surface area (Å²) in [5.74, 6) is -0.470. The average Bonchev–Trinajstić information content (AvgIpc) is 3.18. The van der Waals surface area contributed by atoms with Crippen molar-refractivity contribution in [1.29, 1.82) is 0 Å². The highest BCUT2D eigenvalue weighted by atomic mass is 32.1. The molecule has 0 radical (unpaired) electrons. The van der Waals surface area contributed by atoms with Gasteiger partial charge < -0.3 is 10.1 Å². The first-order valence-corrected chi connectivity index (χ1v) is 9.35. The number of aromatic nitrogens is 2. The molecule has 0 bridgehead atoms. The Bertz CT molecular complexity index is 905. The Kier molecular flexibility index (Phi) is 6.02. The molecule has 1 aromatic carbocycles. The molecule has 3 rings (SSSR count). The van der Waals surface area contributed by atoms with Crippen LogP contribution in [0.1, 0.15) is 43.2 Å². The van der Waals surface area contributed by atoms with Crippen LogP contribution in [0, 0.1) is 0 Å². The summed E-state index contributed by atoms with van der Waals surface area (Å²) in [6.07, 6.45) is 2.18. The maximum Gasteiger partial charge on any atom is 0.290 e. The smallest absolute Gasteiger partial charge is 0.290 e. The van der Waals surface area contributed by atoms with Crippen LogP contribution in [0.5, 0.6) is 0 Å². The second-order valence-corrected chi connectivity index (χ2v) is 7.07. The number of hydrogen-bond donors (Lipinski definition) is 3. The van der Waals surface area contributed by atoms with Gasteiger partial charge >= 0.3 is 0 Å². The van der Waals surface area contributed by atoms with E-state index in [9.17, 15) is 9.59 Å². The maximum atomic E-state index is 12.6. The first-order valence-electron chi connectivity index (χ1n) is 8.94. The number of nitrogens with one attached hydrogen (secondary N) is 3. The van der Waals surface area contributed by atoms with Gasteiger partial charge in [0.05, 0.1) is 17.5 Å². The zero-order chi connectivity index (χ0) is 19.4. The van der Waals surface area contributed by atoms with Crippen LogP contribution in [-0.2, 0) is 4.74 Å². The van der Waals surface area contributed by atoms with Gasteiger partial charge in [0.15, 0.2) is 10.8 Å². The Morgan fingerprint density at radius 1 is 1.33 bits per heavy atom. The third kappa shape index (κ3) is 4.42. The standard InChI is InChI=1S/C18H23N5O3S/c1-11(2)23-17(25)14-8-4-3-7-13(14)15(22-23)16(24)20-21-18(27)19-10-12-6-5-9-26-12/h3-4,7-8,11-12H,5-6,9-10H2,1-2H3,(H,20,24)(H2,19,21,27)/t12-/m0/s1. The van der Waals surface area contributed by atoms with Crippen molar-refractivity contribution in [3.63, 3.8) is 0 Å². The summed E-state index contributed by atoms with van der Waals surface area (Å²) in [5, 5.41) is 8.51. The van der Waals surface area contributed by atoms with Crippen molar-refractivity contribution in [3.05, 3.63) is 40.3 Å². The predicted molar refractivity (Wildman–Crippen MR) is 107 cm³/mol. The van der Waals surface area contributed by atoms with Crippen molar-refractivity contribution in [2.45, 2.75) is 38.8 Å². The molecule has 1 amide bonds. The van der Waals surface area contributed by atoms with Crippen LogP contribution in [0.4, 0.5) is 0 Å². The second kappa shape index (κ2) is 8.45. The molecular formula is C18H23N5O3S. The third-order valence-electron chi connectivity index (χ3n) is 4.34. The Morgan fingerprint density at radius 3 is 2.74 bits per heavy atom. The first-order chi connectivity index (χ1) is 13.0. The quantitative estimate of drug-likeness (QED) is 0.535. The molecule has 0 unspecified atom stereocenters. The van der Waals surface area contributed by atoms with Crippen molar-refractivity contribution >= 4 is 34.0 Å². The molecule has 27 heavy (non-hydrogen) atoms. The van der Waals surface area contributed by atoms with Crippen LogP contribution in [0.15, 0.2) is 29.1 Å². The van der Waals surface area contributed by atoms with Crippen LogP contribution in [0.3, 0.4) is 0 Å². The summed E-state index contributed by atoms with van der Waals surface area (Å²) in [7, 11) is 0. The lowest BCUT2D eigenvalue weighted by molar-refractivity contribution is 0.0937. The number of rotatable bonds is 4. The van der Waals surface area contributed by atoms with Crippen molar-refractivity contribution < 1.29 is 9.53 Å². The molecule has 1 aliphatic heterocycles. The maximum absolute atomic E-state index is 12.6. The molecule has 2 heterocycles. The van der Waals surface area contributed by atoms with E-state index in [1.165, 1.54) is 4.68 Å². The highest BCUT2D eigenvalue weighted by Crippen LogP contribution is 2.14. The number of amides is 1. The minimum absolute atomic E-state index is 0.140. The molecule has 1 aromatic heterocycles. The summed E-state index contributed by atoms with van der Waals surface area (Å²) < 4.78 is 6.82. The first kappa shape index (κ1) is 19.2. The molecule has 9 heteroatoms. The molecule has 1 saturated heterocycles. The van der Waals surface area contributed by atoms with E-state index in [-0.39, 0.29) is 23.4 Å². The summed E-state index contributed by atoms with van der Waals surface area (Å²) in [6.45, 7) is 5.04. The van der Waals surface area contributed by atoms with Gasteiger partial charge in [0.1, 0.15) is 0 Å². The third-order valence-corrected chi connectivity index (χ3v) is 4.58. The van der Waals surface area contributed by atoms with E-state index < -0.39 is 5.91 Å². The number of hydrogen-bond acceptors (Lipinski definition) is 5. The molecule has 0 saturated carbocycles. The van der Waals surface area contributed by atoms with Crippen LogP contribution in [-0.4, -0.2) is 40.1 Å². The minimum Gasteiger partial charge on any atom is -0.376 e. The van der Waals surface area contributed by atoms with Gasteiger partial charge in [-0.3, -0.25) is 20.4 Å². The molecule has 1 fully saturated rings. The van der Waals surface area contributed by atoms with Gasteiger partial charge in [0, 0.05) is 18.5 Å². The predicted octanol–water partition coefficient (Wildman–Crippen LogP) is 1.27. The molecule has 0 aliphatic carbocycles. The van der Waals surface area contributed by atoms with Crippen molar-refractivity contribution in [1.82, 2.24) is 25.9 Å². The molecule has 1 aliphatic rings. The minimum atomic E-state index is -0.470. The lowest BCUT2D eigenvalue weighted by atomic mass is 10.1. The monoisotopic (exact) mass is 389 g/mol. The van der Waals surface area contributed by atoms with E-state index in [2.05, 4.69) is 21.3 Å². The Hall–Kier alpha value is -2.52. The number of carbonyl (C=O) groups excluding carboxylic acids is 1. The normalized spacial score (nSPS) is 16.5. The number of carbonyl (C=O) groups is 1.